The largest absolute Gasteiger partial charge is 0.381 e. The van der Waals surface area contributed by atoms with Crippen molar-refractivity contribution in [2.45, 2.75) is 25.8 Å². The Morgan fingerprint density at radius 1 is 1.32 bits per heavy atom. The fourth-order valence-corrected chi connectivity index (χ4v) is 3.03. The molecule has 9 heteroatoms. The molecule has 1 fully saturated rings. The molecule has 0 aromatic carbocycles. The van der Waals surface area contributed by atoms with Gasteiger partial charge in [-0.15, -0.1) is 0 Å². The van der Waals surface area contributed by atoms with Gasteiger partial charge in [-0.2, -0.15) is 4.98 Å². The highest BCUT2D eigenvalue weighted by Crippen LogP contribution is 2.29. The van der Waals surface area contributed by atoms with Crippen molar-refractivity contribution in [1.82, 2.24) is 30.4 Å². The van der Waals surface area contributed by atoms with Crippen molar-refractivity contribution in [2.75, 3.05) is 13.2 Å². The van der Waals surface area contributed by atoms with Gasteiger partial charge in [-0.3, -0.25) is 4.79 Å². The third-order valence-corrected chi connectivity index (χ3v) is 4.35. The minimum absolute atomic E-state index is 0.173. The molecule has 1 aliphatic heterocycles. The number of rotatable bonds is 4. The van der Waals surface area contributed by atoms with E-state index in [1.807, 2.05) is 0 Å². The van der Waals surface area contributed by atoms with Crippen LogP contribution in [0.5, 0.6) is 0 Å². The first-order chi connectivity index (χ1) is 12.2. The number of ether oxygens (including phenoxy) is 1. The smallest absolute Gasteiger partial charge is 0.270 e. The normalized spacial score (nSPS) is 16.8. The van der Waals surface area contributed by atoms with Crippen LogP contribution in [-0.2, 0) is 4.74 Å². The van der Waals surface area contributed by atoms with Crippen LogP contribution >= 0.6 is 0 Å². The summed E-state index contributed by atoms with van der Waals surface area (Å²) >= 11 is 0. The summed E-state index contributed by atoms with van der Waals surface area (Å²) in [7, 11) is 0. The third kappa shape index (κ3) is 3.22. The Bertz CT molecular complexity index is 883. The number of nitrogens with zero attached hydrogens (tertiary/aromatic N) is 4. The van der Waals surface area contributed by atoms with Crippen LogP contribution in [0.4, 0.5) is 0 Å². The standard InChI is InChI=1S/C16H18N6O3/c1-9-19-16(25-22-9)13(10-4-6-24-7-5-10)21-15(23)12-3-2-11-14(20-12)18-8-17-11/h2-3,8,10,13H,4-7H2,1H3,(H,21,23)(H,17,18,20). The number of amides is 1. The number of aryl methyl sites for hydroxylation is 1. The van der Waals surface area contributed by atoms with E-state index < -0.39 is 0 Å². The average Bonchev–Trinajstić information content (AvgIpc) is 3.28. The molecule has 4 rings (SSSR count). The molecular weight excluding hydrogens is 324 g/mol. The monoisotopic (exact) mass is 342 g/mol. The van der Waals surface area contributed by atoms with E-state index in [1.165, 1.54) is 0 Å². The second-order valence-corrected chi connectivity index (χ2v) is 6.05. The number of pyridine rings is 1. The number of H-pyrrole nitrogens is 1. The predicted molar refractivity (Wildman–Crippen MR) is 86.7 cm³/mol. The van der Waals surface area contributed by atoms with Gasteiger partial charge in [0.25, 0.3) is 5.91 Å². The molecule has 1 unspecified atom stereocenters. The van der Waals surface area contributed by atoms with Gasteiger partial charge in [-0.1, -0.05) is 5.16 Å². The van der Waals surface area contributed by atoms with Crippen LogP contribution in [0.25, 0.3) is 11.2 Å². The molecule has 3 aromatic heterocycles. The molecule has 25 heavy (non-hydrogen) atoms. The van der Waals surface area contributed by atoms with E-state index in [0.717, 1.165) is 18.4 Å². The van der Waals surface area contributed by atoms with Gasteiger partial charge < -0.3 is 19.6 Å². The lowest BCUT2D eigenvalue weighted by Gasteiger charge is -2.28. The topological polar surface area (TPSA) is 119 Å². The first-order valence-electron chi connectivity index (χ1n) is 8.19. The quantitative estimate of drug-likeness (QED) is 0.738. The van der Waals surface area contributed by atoms with Gasteiger partial charge in [0.05, 0.1) is 11.8 Å². The molecule has 9 nitrogen and oxygen atoms in total. The Hall–Kier alpha value is -2.81. The number of nitrogens with one attached hydrogen (secondary N) is 2. The Balaban J connectivity index is 1.59. The molecule has 1 aliphatic rings. The number of aromatic nitrogens is 5. The maximum atomic E-state index is 12.7. The molecular formula is C16H18N6O3. The molecule has 2 N–H and O–H groups in total. The zero-order valence-corrected chi connectivity index (χ0v) is 13.7. The van der Waals surface area contributed by atoms with E-state index >= 15 is 0 Å². The molecule has 1 saturated heterocycles. The van der Waals surface area contributed by atoms with E-state index in [4.69, 9.17) is 9.26 Å². The SMILES string of the molecule is Cc1noc(C(NC(=O)c2ccc3[nH]cnc3n2)C2CCOCC2)n1. The second kappa shape index (κ2) is 6.60. The third-order valence-electron chi connectivity index (χ3n) is 4.35. The van der Waals surface area contributed by atoms with Crippen LogP contribution in [0.3, 0.4) is 0 Å². The van der Waals surface area contributed by atoms with E-state index in [-0.39, 0.29) is 17.9 Å². The Morgan fingerprint density at radius 2 is 2.16 bits per heavy atom. The Labute approximate surface area is 143 Å². The maximum absolute atomic E-state index is 12.7. The van der Waals surface area contributed by atoms with Gasteiger partial charge in [0, 0.05) is 13.2 Å². The zero-order valence-electron chi connectivity index (χ0n) is 13.7. The van der Waals surface area contributed by atoms with Crippen LogP contribution < -0.4 is 5.32 Å². The summed E-state index contributed by atoms with van der Waals surface area (Å²) in [6, 6.07) is 3.08. The molecule has 0 aliphatic carbocycles. The van der Waals surface area contributed by atoms with Crippen molar-refractivity contribution < 1.29 is 14.1 Å². The van der Waals surface area contributed by atoms with E-state index in [9.17, 15) is 4.79 Å². The second-order valence-electron chi connectivity index (χ2n) is 6.05. The maximum Gasteiger partial charge on any atom is 0.270 e. The number of carbonyl (C=O) groups excluding carboxylic acids is 1. The minimum Gasteiger partial charge on any atom is -0.381 e. The average molecular weight is 342 g/mol. The summed E-state index contributed by atoms with van der Waals surface area (Å²) in [4.78, 5) is 28.3. The molecule has 1 amide bonds. The first kappa shape index (κ1) is 15.7. The molecule has 0 radical (unpaired) electrons. The lowest BCUT2D eigenvalue weighted by Crippen LogP contribution is -2.36. The molecule has 1 atom stereocenters. The molecule has 0 saturated carbocycles. The summed E-state index contributed by atoms with van der Waals surface area (Å²) in [5, 5.41) is 6.85. The number of carbonyl (C=O) groups is 1. The highest BCUT2D eigenvalue weighted by atomic mass is 16.5. The van der Waals surface area contributed by atoms with Crippen LogP contribution in [-0.4, -0.2) is 44.2 Å². The molecule has 130 valence electrons. The summed E-state index contributed by atoms with van der Waals surface area (Å²) in [5.74, 6) is 0.833. The number of hydrogen-bond acceptors (Lipinski definition) is 7. The van der Waals surface area contributed by atoms with E-state index in [2.05, 4.69) is 30.4 Å². The van der Waals surface area contributed by atoms with Crippen molar-refractivity contribution >= 4 is 17.1 Å². The number of fused-ring (bicyclic) bond motifs is 1. The van der Waals surface area contributed by atoms with Gasteiger partial charge in [-0.25, -0.2) is 9.97 Å². The van der Waals surface area contributed by atoms with Crippen molar-refractivity contribution in [3.8, 4) is 0 Å². The molecule has 0 bridgehead atoms. The van der Waals surface area contributed by atoms with Crippen molar-refractivity contribution in [3.63, 3.8) is 0 Å². The highest BCUT2D eigenvalue weighted by Gasteiger charge is 2.31. The van der Waals surface area contributed by atoms with Crippen molar-refractivity contribution in [3.05, 3.63) is 35.9 Å². The Kier molecular flexibility index (Phi) is 4.14. The molecule has 3 aromatic rings. The highest BCUT2D eigenvalue weighted by molar-refractivity contribution is 5.94. The van der Waals surface area contributed by atoms with Gasteiger partial charge in [0.1, 0.15) is 11.7 Å². The number of hydrogen-bond donors (Lipinski definition) is 2. The van der Waals surface area contributed by atoms with Crippen LogP contribution in [0.1, 0.15) is 41.1 Å². The van der Waals surface area contributed by atoms with Gasteiger partial charge in [-0.05, 0) is 37.8 Å². The van der Waals surface area contributed by atoms with Gasteiger partial charge >= 0.3 is 0 Å². The minimum atomic E-state index is -0.366. The number of imidazole rings is 1. The Morgan fingerprint density at radius 3 is 2.92 bits per heavy atom. The zero-order chi connectivity index (χ0) is 17.2. The molecule has 4 heterocycles. The summed E-state index contributed by atoms with van der Waals surface area (Å²) in [6.07, 6.45) is 3.18. The first-order valence-corrected chi connectivity index (χ1v) is 8.19. The fourth-order valence-electron chi connectivity index (χ4n) is 3.03. The predicted octanol–water partition coefficient (Wildman–Crippen LogP) is 1.55. The van der Waals surface area contributed by atoms with E-state index in [0.29, 0.717) is 36.3 Å². The lowest BCUT2D eigenvalue weighted by atomic mass is 9.91. The summed E-state index contributed by atoms with van der Waals surface area (Å²) in [6.45, 7) is 3.06. The number of aromatic amines is 1. The van der Waals surface area contributed by atoms with Crippen molar-refractivity contribution in [1.29, 1.82) is 0 Å². The van der Waals surface area contributed by atoms with Crippen LogP contribution in [0.15, 0.2) is 23.0 Å². The van der Waals surface area contributed by atoms with E-state index in [1.54, 1.807) is 25.4 Å². The van der Waals surface area contributed by atoms with Crippen LogP contribution in [0.2, 0.25) is 0 Å². The molecule has 0 spiro atoms. The summed E-state index contributed by atoms with van der Waals surface area (Å²) in [5.41, 5.74) is 1.59. The van der Waals surface area contributed by atoms with Gasteiger partial charge in [0.15, 0.2) is 11.5 Å². The fraction of sp³-hybridized carbons (Fsp3) is 0.438. The summed E-state index contributed by atoms with van der Waals surface area (Å²) < 4.78 is 10.7. The van der Waals surface area contributed by atoms with Gasteiger partial charge in [0.2, 0.25) is 5.89 Å². The van der Waals surface area contributed by atoms with Crippen LogP contribution in [0, 0.1) is 12.8 Å². The van der Waals surface area contributed by atoms with Crippen molar-refractivity contribution in [2.24, 2.45) is 5.92 Å². The lowest BCUT2D eigenvalue weighted by molar-refractivity contribution is 0.0467.